The molecule has 0 spiro atoms. The van der Waals surface area contributed by atoms with E-state index in [1.54, 1.807) is 0 Å². The zero-order valence-corrected chi connectivity index (χ0v) is 13.8. The average Bonchev–Trinajstić information content (AvgIpc) is 2.47. The lowest BCUT2D eigenvalue weighted by atomic mass is 9.96. The highest BCUT2D eigenvalue weighted by Crippen LogP contribution is 2.16. The van der Waals surface area contributed by atoms with Gasteiger partial charge in [0.25, 0.3) is 0 Å². The van der Waals surface area contributed by atoms with Crippen LogP contribution < -0.4 is 15.2 Å². The number of hydrogen-bond donors (Lipinski definition) is 3. The first-order valence-corrected chi connectivity index (χ1v) is 10.2. The molecule has 1 aliphatic rings. The van der Waals surface area contributed by atoms with Crippen molar-refractivity contribution in [1.29, 1.82) is 0 Å². The van der Waals surface area contributed by atoms with Gasteiger partial charge in [0.2, 0.25) is 20.0 Å². The normalized spacial score (nSPS) is 20.0. The highest BCUT2D eigenvalue weighted by molar-refractivity contribution is 7.90. The lowest BCUT2D eigenvalue weighted by Gasteiger charge is -2.22. The molecule has 1 atom stereocenters. The third-order valence-electron chi connectivity index (χ3n) is 3.69. The standard InChI is InChI=1S/C13H21N3O4S2/c14-21(17,18)12-4-1-5-13(9-12)22(19,20)16-8-6-11-3-2-7-15-10-11/h1,4-5,9,11,15-16H,2-3,6-8,10H2,(H2,14,17,18). The van der Waals surface area contributed by atoms with E-state index >= 15 is 0 Å². The summed E-state index contributed by atoms with van der Waals surface area (Å²) in [5, 5.41) is 8.30. The summed E-state index contributed by atoms with van der Waals surface area (Å²) in [5.74, 6) is 0.465. The molecule has 0 aromatic heterocycles. The SMILES string of the molecule is NS(=O)(=O)c1cccc(S(=O)(=O)NCCC2CCCNC2)c1. The Morgan fingerprint density at radius 2 is 1.95 bits per heavy atom. The van der Waals surface area contributed by atoms with E-state index < -0.39 is 20.0 Å². The molecule has 1 fully saturated rings. The van der Waals surface area contributed by atoms with Crippen molar-refractivity contribution in [2.24, 2.45) is 11.1 Å². The fourth-order valence-corrected chi connectivity index (χ4v) is 4.20. The van der Waals surface area contributed by atoms with E-state index in [0.717, 1.165) is 38.4 Å². The predicted molar refractivity (Wildman–Crippen MR) is 83.2 cm³/mol. The average molecular weight is 347 g/mol. The van der Waals surface area contributed by atoms with Gasteiger partial charge >= 0.3 is 0 Å². The summed E-state index contributed by atoms with van der Waals surface area (Å²) in [6.45, 7) is 2.25. The van der Waals surface area contributed by atoms with Gasteiger partial charge in [-0.05, 0) is 56.5 Å². The van der Waals surface area contributed by atoms with E-state index in [0.29, 0.717) is 12.5 Å². The van der Waals surface area contributed by atoms with Crippen molar-refractivity contribution in [2.45, 2.75) is 29.1 Å². The number of sulfonamides is 2. The van der Waals surface area contributed by atoms with Gasteiger partial charge in [-0.1, -0.05) is 6.07 Å². The third-order valence-corrected chi connectivity index (χ3v) is 6.06. The molecular formula is C13H21N3O4S2. The van der Waals surface area contributed by atoms with Crippen LogP contribution in [0.2, 0.25) is 0 Å². The van der Waals surface area contributed by atoms with Crippen molar-refractivity contribution in [2.75, 3.05) is 19.6 Å². The van der Waals surface area contributed by atoms with Crippen LogP contribution in [0, 0.1) is 5.92 Å². The van der Waals surface area contributed by atoms with Gasteiger partial charge in [0.15, 0.2) is 0 Å². The van der Waals surface area contributed by atoms with Crippen molar-refractivity contribution in [3.05, 3.63) is 24.3 Å². The highest BCUT2D eigenvalue weighted by atomic mass is 32.2. The number of rotatable bonds is 6. The molecule has 0 amide bonds. The van der Waals surface area contributed by atoms with Gasteiger partial charge in [-0.15, -0.1) is 0 Å². The molecule has 4 N–H and O–H groups in total. The van der Waals surface area contributed by atoms with Crippen molar-refractivity contribution in [3.8, 4) is 0 Å². The first kappa shape index (κ1) is 17.4. The number of benzene rings is 1. The van der Waals surface area contributed by atoms with Crippen LogP contribution in [0.15, 0.2) is 34.1 Å². The Bertz CT molecular complexity index is 711. The number of nitrogens with one attached hydrogen (secondary N) is 2. The smallest absolute Gasteiger partial charge is 0.240 e. The van der Waals surface area contributed by atoms with Gasteiger partial charge in [0, 0.05) is 6.54 Å². The summed E-state index contributed by atoms with van der Waals surface area (Å²) in [6, 6.07) is 5.04. The molecule has 1 unspecified atom stereocenters. The van der Waals surface area contributed by atoms with Crippen molar-refractivity contribution in [1.82, 2.24) is 10.0 Å². The minimum Gasteiger partial charge on any atom is -0.316 e. The van der Waals surface area contributed by atoms with E-state index in [1.807, 2.05) is 0 Å². The molecule has 0 aliphatic carbocycles. The molecule has 9 heteroatoms. The van der Waals surface area contributed by atoms with Crippen LogP contribution in [0.3, 0.4) is 0 Å². The minimum atomic E-state index is -3.92. The van der Waals surface area contributed by atoms with Crippen molar-refractivity contribution in [3.63, 3.8) is 0 Å². The topological polar surface area (TPSA) is 118 Å². The maximum atomic E-state index is 12.2. The first-order valence-electron chi connectivity index (χ1n) is 7.12. The van der Waals surface area contributed by atoms with Gasteiger partial charge in [0.05, 0.1) is 9.79 Å². The molecule has 1 aromatic rings. The summed E-state index contributed by atoms with van der Waals surface area (Å²) in [5.41, 5.74) is 0. The van der Waals surface area contributed by atoms with Crippen LogP contribution in [0.4, 0.5) is 0 Å². The Morgan fingerprint density at radius 3 is 2.59 bits per heavy atom. The van der Waals surface area contributed by atoms with E-state index in [1.165, 1.54) is 18.2 Å². The fraction of sp³-hybridized carbons (Fsp3) is 0.538. The van der Waals surface area contributed by atoms with Crippen LogP contribution in [0.5, 0.6) is 0 Å². The third kappa shape index (κ3) is 4.75. The lowest BCUT2D eigenvalue weighted by Crippen LogP contribution is -2.33. The van der Waals surface area contributed by atoms with E-state index in [9.17, 15) is 16.8 Å². The van der Waals surface area contributed by atoms with Gasteiger partial charge in [-0.25, -0.2) is 26.7 Å². The molecular weight excluding hydrogens is 326 g/mol. The summed E-state index contributed by atoms with van der Waals surface area (Å²) < 4.78 is 49.5. The Labute approximate surface area is 131 Å². The van der Waals surface area contributed by atoms with Gasteiger partial charge in [0.1, 0.15) is 0 Å². The van der Waals surface area contributed by atoms with Crippen molar-refractivity contribution < 1.29 is 16.8 Å². The number of hydrogen-bond acceptors (Lipinski definition) is 5. The molecule has 0 bridgehead atoms. The zero-order valence-electron chi connectivity index (χ0n) is 12.2. The molecule has 0 saturated carbocycles. The number of piperidine rings is 1. The Morgan fingerprint density at radius 1 is 1.23 bits per heavy atom. The van der Waals surface area contributed by atoms with E-state index in [2.05, 4.69) is 10.0 Å². The number of nitrogens with two attached hydrogens (primary N) is 1. The number of primary sulfonamides is 1. The molecule has 1 aromatic carbocycles. The van der Waals surface area contributed by atoms with Crippen LogP contribution in [0.25, 0.3) is 0 Å². The molecule has 0 radical (unpaired) electrons. The Balaban J connectivity index is 2.01. The zero-order chi connectivity index (χ0) is 16.2. The fourth-order valence-electron chi connectivity index (χ4n) is 2.47. The summed E-state index contributed by atoms with van der Waals surface area (Å²) in [4.78, 5) is -0.312. The van der Waals surface area contributed by atoms with Crippen LogP contribution >= 0.6 is 0 Å². The molecule has 1 saturated heterocycles. The van der Waals surface area contributed by atoms with Crippen LogP contribution in [-0.2, 0) is 20.0 Å². The Kier molecular flexibility index (Phi) is 5.56. The second-order valence-corrected chi connectivity index (χ2v) is 8.75. The lowest BCUT2D eigenvalue weighted by molar-refractivity contribution is 0.358. The first-order chi connectivity index (χ1) is 10.3. The molecule has 22 heavy (non-hydrogen) atoms. The summed E-state index contributed by atoms with van der Waals surface area (Å²) in [7, 11) is -7.66. The second kappa shape index (κ2) is 7.05. The van der Waals surface area contributed by atoms with Crippen LogP contribution in [-0.4, -0.2) is 36.5 Å². The largest absolute Gasteiger partial charge is 0.316 e. The molecule has 1 aliphatic heterocycles. The maximum Gasteiger partial charge on any atom is 0.240 e. The van der Waals surface area contributed by atoms with E-state index in [-0.39, 0.29) is 9.79 Å². The highest BCUT2D eigenvalue weighted by Gasteiger charge is 2.18. The van der Waals surface area contributed by atoms with Crippen molar-refractivity contribution >= 4 is 20.0 Å². The van der Waals surface area contributed by atoms with Gasteiger partial charge < -0.3 is 5.32 Å². The quantitative estimate of drug-likeness (QED) is 0.669. The minimum absolute atomic E-state index is 0.0965. The van der Waals surface area contributed by atoms with E-state index in [4.69, 9.17) is 5.14 Å². The van der Waals surface area contributed by atoms with Gasteiger partial charge in [-0.3, -0.25) is 0 Å². The summed E-state index contributed by atoms with van der Waals surface area (Å²) >= 11 is 0. The molecule has 2 rings (SSSR count). The molecule has 124 valence electrons. The van der Waals surface area contributed by atoms with Crippen LogP contribution in [0.1, 0.15) is 19.3 Å². The monoisotopic (exact) mass is 347 g/mol. The van der Waals surface area contributed by atoms with Gasteiger partial charge in [-0.2, -0.15) is 0 Å². The molecule has 1 heterocycles. The summed E-state index contributed by atoms with van der Waals surface area (Å²) in [6.07, 6.45) is 2.95. The Hall–Kier alpha value is -1.00. The second-order valence-electron chi connectivity index (χ2n) is 5.42. The molecule has 7 nitrogen and oxygen atoms in total. The maximum absolute atomic E-state index is 12.2. The predicted octanol–water partition coefficient (Wildman–Crippen LogP) is 0.00200.